The number of nitrogens with zero attached hydrogens (tertiary/aromatic N) is 2. The second kappa shape index (κ2) is 5.41. The van der Waals surface area contributed by atoms with Crippen molar-refractivity contribution in [3.63, 3.8) is 0 Å². The summed E-state index contributed by atoms with van der Waals surface area (Å²) in [7, 11) is 3.63. The van der Waals surface area contributed by atoms with Gasteiger partial charge in [0.2, 0.25) is 11.8 Å². The average molecular weight is 227 g/mol. The van der Waals surface area contributed by atoms with Crippen molar-refractivity contribution in [3.05, 3.63) is 0 Å². The van der Waals surface area contributed by atoms with Gasteiger partial charge in [0.25, 0.3) is 0 Å². The van der Waals surface area contributed by atoms with Crippen LogP contribution in [0.5, 0.6) is 0 Å². The fraction of sp³-hybridized carbons (Fsp3) is 0.818. The Labute approximate surface area is 96.7 Å². The standard InChI is InChI=1S/C11H21N3O2/c1-5-8(6-2)14-10(15)7-9(11(14)16)12-13(3)4/h8-9,12H,5-7H2,1-4H3. The summed E-state index contributed by atoms with van der Waals surface area (Å²) in [6.07, 6.45) is 1.92. The monoisotopic (exact) mass is 227 g/mol. The molecule has 5 nitrogen and oxygen atoms in total. The SMILES string of the molecule is CCC(CC)N1C(=O)CC(NN(C)C)C1=O. The van der Waals surface area contributed by atoms with E-state index in [0.29, 0.717) is 0 Å². The van der Waals surface area contributed by atoms with Crippen molar-refractivity contribution in [2.24, 2.45) is 0 Å². The summed E-state index contributed by atoms with van der Waals surface area (Å²) in [6.45, 7) is 4.00. The molecule has 0 aromatic rings. The zero-order chi connectivity index (χ0) is 12.3. The summed E-state index contributed by atoms with van der Waals surface area (Å²) in [5.74, 6) is -0.148. The Balaban J connectivity index is 2.74. The lowest BCUT2D eigenvalue weighted by molar-refractivity contribution is -0.142. The van der Waals surface area contributed by atoms with E-state index in [4.69, 9.17) is 0 Å². The van der Waals surface area contributed by atoms with Gasteiger partial charge in [0.05, 0.1) is 6.42 Å². The highest BCUT2D eigenvalue weighted by Crippen LogP contribution is 2.20. The van der Waals surface area contributed by atoms with E-state index in [9.17, 15) is 9.59 Å². The van der Waals surface area contributed by atoms with E-state index in [1.165, 1.54) is 4.90 Å². The number of amides is 2. The molecule has 0 radical (unpaired) electrons. The van der Waals surface area contributed by atoms with Gasteiger partial charge in [0.1, 0.15) is 6.04 Å². The van der Waals surface area contributed by atoms with Crippen LogP contribution in [0.4, 0.5) is 0 Å². The minimum atomic E-state index is -0.386. The van der Waals surface area contributed by atoms with Gasteiger partial charge in [-0.05, 0) is 12.8 Å². The summed E-state index contributed by atoms with van der Waals surface area (Å²) in [4.78, 5) is 25.2. The number of hydrogen-bond acceptors (Lipinski definition) is 4. The molecule has 1 fully saturated rings. The molecule has 1 unspecified atom stereocenters. The largest absolute Gasteiger partial charge is 0.278 e. The lowest BCUT2D eigenvalue weighted by Crippen LogP contribution is -2.47. The van der Waals surface area contributed by atoms with Gasteiger partial charge in [-0.1, -0.05) is 13.8 Å². The second-order valence-electron chi connectivity index (χ2n) is 4.35. The number of carbonyl (C=O) groups is 2. The molecule has 2 amide bonds. The highest BCUT2D eigenvalue weighted by Gasteiger charge is 2.41. The Morgan fingerprint density at radius 3 is 2.38 bits per heavy atom. The van der Waals surface area contributed by atoms with Crippen LogP contribution in [0.1, 0.15) is 33.1 Å². The molecule has 1 atom stereocenters. The summed E-state index contributed by atoms with van der Waals surface area (Å²) in [5.41, 5.74) is 2.98. The van der Waals surface area contributed by atoms with Crippen LogP contribution in [0.25, 0.3) is 0 Å². The molecule has 92 valence electrons. The van der Waals surface area contributed by atoms with Crippen LogP contribution in [0.3, 0.4) is 0 Å². The number of nitrogens with one attached hydrogen (secondary N) is 1. The molecule has 16 heavy (non-hydrogen) atoms. The number of imide groups is 1. The van der Waals surface area contributed by atoms with Crippen molar-refractivity contribution >= 4 is 11.8 Å². The van der Waals surface area contributed by atoms with E-state index < -0.39 is 0 Å². The molecule has 1 rings (SSSR count). The summed E-state index contributed by atoms with van der Waals surface area (Å²) < 4.78 is 0. The minimum Gasteiger partial charge on any atom is -0.278 e. The zero-order valence-corrected chi connectivity index (χ0v) is 10.5. The van der Waals surface area contributed by atoms with Crippen LogP contribution in [0.15, 0.2) is 0 Å². The summed E-state index contributed by atoms with van der Waals surface area (Å²) in [6, 6.07) is -0.336. The molecule has 1 saturated heterocycles. The smallest absolute Gasteiger partial charge is 0.248 e. The number of likely N-dealkylation sites (tertiary alicyclic amines) is 1. The molecule has 0 bridgehead atoms. The zero-order valence-electron chi connectivity index (χ0n) is 10.5. The lowest BCUT2D eigenvalue weighted by atomic mass is 10.1. The highest BCUT2D eigenvalue weighted by molar-refractivity contribution is 6.05. The summed E-state index contributed by atoms with van der Waals surface area (Å²) >= 11 is 0. The molecule has 0 aromatic carbocycles. The third-order valence-electron chi connectivity index (χ3n) is 2.90. The van der Waals surface area contributed by atoms with E-state index in [1.54, 1.807) is 5.01 Å². The molecular weight excluding hydrogens is 206 g/mol. The predicted octanol–water partition coefficient (Wildman–Crippen LogP) is 0.369. The van der Waals surface area contributed by atoms with Gasteiger partial charge in [-0.2, -0.15) is 0 Å². The van der Waals surface area contributed by atoms with Crippen LogP contribution in [-0.4, -0.2) is 47.9 Å². The van der Waals surface area contributed by atoms with Gasteiger partial charge in [0, 0.05) is 20.1 Å². The third-order valence-corrected chi connectivity index (χ3v) is 2.90. The van der Waals surface area contributed by atoms with Crippen LogP contribution < -0.4 is 5.43 Å². The Morgan fingerprint density at radius 2 is 1.94 bits per heavy atom. The lowest BCUT2D eigenvalue weighted by Gasteiger charge is -2.25. The van der Waals surface area contributed by atoms with Gasteiger partial charge in [-0.25, -0.2) is 10.4 Å². The molecule has 5 heteroatoms. The maximum absolute atomic E-state index is 12.0. The fourth-order valence-corrected chi connectivity index (χ4v) is 2.10. The van der Waals surface area contributed by atoms with Crippen molar-refractivity contribution in [2.75, 3.05) is 14.1 Å². The first-order valence-corrected chi connectivity index (χ1v) is 5.80. The van der Waals surface area contributed by atoms with Gasteiger partial charge in [0.15, 0.2) is 0 Å². The van der Waals surface area contributed by atoms with E-state index >= 15 is 0 Å². The van der Waals surface area contributed by atoms with Gasteiger partial charge >= 0.3 is 0 Å². The van der Waals surface area contributed by atoms with Gasteiger partial charge < -0.3 is 0 Å². The van der Waals surface area contributed by atoms with Crippen molar-refractivity contribution in [2.45, 2.75) is 45.2 Å². The molecule has 1 heterocycles. The minimum absolute atomic E-state index is 0.0500. The highest BCUT2D eigenvalue weighted by atomic mass is 16.2. The Bertz CT molecular complexity index is 274. The fourth-order valence-electron chi connectivity index (χ4n) is 2.10. The number of hydrazine groups is 1. The average Bonchev–Trinajstić information content (AvgIpc) is 2.46. The van der Waals surface area contributed by atoms with Crippen molar-refractivity contribution < 1.29 is 9.59 Å². The molecule has 0 spiro atoms. The quantitative estimate of drug-likeness (QED) is 0.544. The van der Waals surface area contributed by atoms with E-state index in [2.05, 4.69) is 5.43 Å². The topological polar surface area (TPSA) is 52.7 Å². The number of carbonyl (C=O) groups excluding carboxylic acids is 2. The molecule has 1 aliphatic rings. The van der Waals surface area contributed by atoms with Crippen molar-refractivity contribution in [1.82, 2.24) is 15.3 Å². The van der Waals surface area contributed by atoms with Crippen LogP contribution in [-0.2, 0) is 9.59 Å². The Hall–Kier alpha value is -0.940. The Kier molecular flexibility index (Phi) is 4.44. The molecular formula is C11H21N3O2. The van der Waals surface area contributed by atoms with E-state index in [1.807, 2.05) is 27.9 Å². The van der Waals surface area contributed by atoms with E-state index in [-0.39, 0.29) is 30.3 Å². The van der Waals surface area contributed by atoms with Crippen LogP contribution in [0, 0.1) is 0 Å². The van der Waals surface area contributed by atoms with Crippen molar-refractivity contribution in [3.8, 4) is 0 Å². The second-order valence-corrected chi connectivity index (χ2v) is 4.35. The number of rotatable bonds is 5. The maximum atomic E-state index is 12.0. The maximum Gasteiger partial charge on any atom is 0.248 e. The molecule has 0 saturated carbocycles. The first-order chi connectivity index (χ1) is 7.51. The first kappa shape index (κ1) is 13.1. The molecule has 0 aliphatic carbocycles. The van der Waals surface area contributed by atoms with Crippen LogP contribution >= 0.6 is 0 Å². The molecule has 1 N–H and O–H groups in total. The third kappa shape index (κ3) is 2.59. The molecule has 1 aliphatic heterocycles. The Morgan fingerprint density at radius 1 is 1.38 bits per heavy atom. The normalized spacial score (nSPS) is 21.6. The first-order valence-electron chi connectivity index (χ1n) is 5.80. The van der Waals surface area contributed by atoms with Crippen molar-refractivity contribution in [1.29, 1.82) is 0 Å². The molecule has 0 aromatic heterocycles. The van der Waals surface area contributed by atoms with Gasteiger partial charge in [-0.15, -0.1) is 0 Å². The number of hydrogen-bond donors (Lipinski definition) is 1. The van der Waals surface area contributed by atoms with E-state index in [0.717, 1.165) is 12.8 Å². The summed E-state index contributed by atoms with van der Waals surface area (Å²) in [5, 5.41) is 1.71. The van der Waals surface area contributed by atoms with Gasteiger partial charge in [-0.3, -0.25) is 14.5 Å². The van der Waals surface area contributed by atoms with Crippen LogP contribution in [0.2, 0.25) is 0 Å². The predicted molar refractivity (Wildman–Crippen MR) is 61.5 cm³/mol.